The zero-order valence-electron chi connectivity index (χ0n) is 12.4. The normalized spacial score (nSPS) is 14.7. The highest BCUT2D eigenvalue weighted by Gasteiger charge is 2.32. The maximum absolute atomic E-state index is 13.6. The summed E-state index contributed by atoms with van der Waals surface area (Å²) < 4.78 is 32.8. The number of ether oxygens (including phenoxy) is 1. The Hall–Kier alpha value is -2.54. The van der Waals surface area contributed by atoms with Crippen molar-refractivity contribution in [1.82, 2.24) is 4.98 Å². The van der Waals surface area contributed by atoms with Gasteiger partial charge >= 0.3 is 5.97 Å². The third kappa shape index (κ3) is 2.71. The Bertz CT molecular complexity index is 922. The first-order chi connectivity index (χ1) is 11.6. The third-order valence-electron chi connectivity index (χ3n) is 3.83. The maximum Gasteiger partial charge on any atom is 0.341 e. The summed E-state index contributed by atoms with van der Waals surface area (Å²) in [5.41, 5.74) is 0.676. The molecule has 24 heavy (non-hydrogen) atoms. The number of rotatable bonds is 3. The van der Waals surface area contributed by atoms with Gasteiger partial charge in [-0.15, -0.1) is 0 Å². The number of anilines is 1. The summed E-state index contributed by atoms with van der Waals surface area (Å²) in [5, 5.41) is 0.758. The van der Waals surface area contributed by atoms with Crippen molar-refractivity contribution in [2.45, 2.75) is 6.10 Å². The highest BCUT2D eigenvalue weighted by atomic mass is 32.1. The number of fused-ring (bicyclic) bond motifs is 1. The molecule has 2 aromatic carbocycles. The molecule has 122 valence electrons. The molecule has 1 aliphatic heterocycles. The van der Waals surface area contributed by atoms with Crippen LogP contribution in [-0.4, -0.2) is 30.1 Å². The number of halogens is 2. The number of nitrogens with zero attached hydrogens (tertiary/aromatic N) is 2. The Balaban J connectivity index is 1.40. The van der Waals surface area contributed by atoms with Crippen LogP contribution < -0.4 is 4.90 Å². The maximum atomic E-state index is 13.6. The van der Waals surface area contributed by atoms with Gasteiger partial charge in [-0.05, 0) is 30.3 Å². The molecule has 1 aromatic heterocycles. The zero-order valence-corrected chi connectivity index (χ0v) is 13.2. The van der Waals surface area contributed by atoms with Crippen LogP contribution in [0, 0.1) is 11.6 Å². The first kappa shape index (κ1) is 15.0. The van der Waals surface area contributed by atoms with Gasteiger partial charge < -0.3 is 9.64 Å². The molecule has 7 heteroatoms. The number of hydrogen-bond donors (Lipinski definition) is 0. The van der Waals surface area contributed by atoms with Gasteiger partial charge in [0.1, 0.15) is 17.7 Å². The van der Waals surface area contributed by atoms with Gasteiger partial charge in [-0.2, -0.15) is 0 Å². The van der Waals surface area contributed by atoms with Gasteiger partial charge in [0.15, 0.2) is 5.13 Å². The first-order valence-corrected chi connectivity index (χ1v) is 8.18. The molecule has 0 N–H and O–H groups in total. The van der Waals surface area contributed by atoms with Crippen LogP contribution in [0.1, 0.15) is 10.4 Å². The van der Waals surface area contributed by atoms with Crippen molar-refractivity contribution >= 4 is 32.7 Å². The molecule has 2 heterocycles. The topological polar surface area (TPSA) is 42.4 Å². The molecule has 0 aliphatic carbocycles. The molecular weight excluding hydrogens is 334 g/mol. The first-order valence-electron chi connectivity index (χ1n) is 7.37. The number of carbonyl (C=O) groups excluding carboxylic acids is 1. The van der Waals surface area contributed by atoms with Gasteiger partial charge in [-0.1, -0.05) is 23.5 Å². The molecule has 1 fully saturated rings. The summed E-state index contributed by atoms with van der Waals surface area (Å²) in [4.78, 5) is 18.3. The lowest BCUT2D eigenvalue weighted by molar-refractivity contribution is 0.0229. The Kier molecular flexibility index (Phi) is 3.65. The van der Waals surface area contributed by atoms with E-state index in [4.69, 9.17) is 4.74 Å². The molecule has 1 saturated heterocycles. The van der Waals surface area contributed by atoms with Gasteiger partial charge in [0.2, 0.25) is 0 Å². The number of carbonyl (C=O) groups is 1. The zero-order chi connectivity index (χ0) is 16.7. The van der Waals surface area contributed by atoms with E-state index in [0.29, 0.717) is 13.1 Å². The van der Waals surface area contributed by atoms with Gasteiger partial charge in [0, 0.05) is 0 Å². The van der Waals surface area contributed by atoms with E-state index in [1.54, 1.807) is 12.1 Å². The molecular formula is C17H12F2N2O2S. The fourth-order valence-corrected chi connectivity index (χ4v) is 3.54. The van der Waals surface area contributed by atoms with Crippen LogP contribution in [0.5, 0.6) is 0 Å². The van der Waals surface area contributed by atoms with Crippen LogP contribution >= 0.6 is 11.3 Å². The minimum Gasteiger partial charge on any atom is -0.455 e. The van der Waals surface area contributed by atoms with Crippen LogP contribution in [0.15, 0.2) is 42.5 Å². The lowest BCUT2D eigenvalue weighted by Gasteiger charge is -2.38. The van der Waals surface area contributed by atoms with Crippen molar-refractivity contribution in [1.29, 1.82) is 0 Å². The molecule has 0 bridgehead atoms. The third-order valence-corrected chi connectivity index (χ3v) is 4.90. The van der Waals surface area contributed by atoms with Crippen molar-refractivity contribution in [2.75, 3.05) is 18.0 Å². The van der Waals surface area contributed by atoms with Crippen molar-refractivity contribution in [3.05, 3.63) is 59.7 Å². The van der Waals surface area contributed by atoms with Crippen molar-refractivity contribution in [3.8, 4) is 0 Å². The van der Waals surface area contributed by atoms with Crippen LogP contribution in [0.4, 0.5) is 13.9 Å². The largest absolute Gasteiger partial charge is 0.455 e. The van der Waals surface area contributed by atoms with Gasteiger partial charge in [-0.3, -0.25) is 0 Å². The monoisotopic (exact) mass is 346 g/mol. The summed E-state index contributed by atoms with van der Waals surface area (Å²) in [6, 6.07) is 10.2. The SMILES string of the molecule is O=C(OC1CN(c2nc3ccc(F)cc3s2)C1)c1ccccc1F. The lowest BCUT2D eigenvalue weighted by Crippen LogP contribution is -2.53. The molecule has 4 rings (SSSR count). The van der Waals surface area contributed by atoms with Crippen LogP contribution in [0.25, 0.3) is 10.2 Å². The van der Waals surface area contributed by atoms with Crippen LogP contribution in [-0.2, 0) is 4.74 Å². The predicted molar refractivity (Wildman–Crippen MR) is 87.4 cm³/mol. The van der Waals surface area contributed by atoms with Crippen molar-refractivity contribution in [3.63, 3.8) is 0 Å². The van der Waals surface area contributed by atoms with Crippen LogP contribution in [0.2, 0.25) is 0 Å². The second kappa shape index (κ2) is 5.83. The number of thiazole rings is 1. The standard InChI is InChI=1S/C17H12F2N2O2S/c18-10-5-6-14-15(7-10)24-17(20-14)21-8-11(9-21)23-16(22)12-3-1-2-4-13(12)19/h1-7,11H,8-9H2. The molecule has 0 spiro atoms. The minimum absolute atomic E-state index is 0.0635. The molecule has 4 nitrogen and oxygen atoms in total. The Morgan fingerprint density at radius 2 is 2.00 bits per heavy atom. The Morgan fingerprint density at radius 1 is 1.21 bits per heavy atom. The fourth-order valence-electron chi connectivity index (χ4n) is 2.53. The highest BCUT2D eigenvalue weighted by molar-refractivity contribution is 7.22. The molecule has 0 unspecified atom stereocenters. The van der Waals surface area contributed by atoms with Gasteiger partial charge in [-0.25, -0.2) is 18.6 Å². The van der Waals surface area contributed by atoms with Gasteiger partial charge in [0.25, 0.3) is 0 Å². The van der Waals surface area contributed by atoms with Crippen molar-refractivity contribution in [2.24, 2.45) is 0 Å². The molecule has 3 aromatic rings. The van der Waals surface area contributed by atoms with E-state index in [1.807, 2.05) is 4.90 Å². The number of aromatic nitrogens is 1. The summed E-state index contributed by atoms with van der Waals surface area (Å²) in [5.74, 6) is -1.55. The lowest BCUT2D eigenvalue weighted by atomic mass is 10.1. The molecule has 0 atom stereocenters. The quantitative estimate of drug-likeness (QED) is 0.680. The van der Waals surface area contributed by atoms with E-state index < -0.39 is 11.8 Å². The molecule has 0 amide bonds. The number of hydrogen-bond acceptors (Lipinski definition) is 5. The van der Waals surface area contributed by atoms with E-state index in [-0.39, 0.29) is 17.5 Å². The highest BCUT2D eigenvalue weighted by Crippen LogP contribution is 2.32. The summed E-state index contributed by atoms with van der Waals surface area (Å²) in [7, 11) is 0. The second-order valence-electron chi connectivity index (χ2n) is 5.52. The summed E-state index contributed by atoms with van der Waals surface area (Å²) in [6.45, 7) is 0.977. The summed E-state index contributed by atoms with van der Waals surface area (Å²) >= 11 is 1.39. The fraction of sp³-hybridized carbons (Fsp3) is 0.176. The van der Waals surface area contributed by atoms with E-state index >= 15 is 0 Å². The summed E-state index contributed by atoms with van der Waals surface area (Å²) in [6.07, 6.45) is -0.305. The number of esters is 1. The minimum atomic E-state index is -0.663. The molecule has 0 radical (unpaired) electrons. The van der Waals surface area contributed by atoms with E-state index in [2.05, 4.69) is 4.98 Å². The molecule has 1 aliphatic rings. The Morgan fingerprint density at radius 3 is 2.79 bits per heavy atom. The van der Waals surface area contributed by atoms with E-state index in [9.17, 15) is 13.6 Å². The average Bonchev–Trinajstić information content (AvgIpc) is 2.93. The smallest absolute Gasteiger partial charge is 0.341 e. The predicted octanol–water partition coefficient (Wildman–Crippen LogP) is 3.62. The molecule has 0 saturated carbocycles. The Labute approximate surface area is 140 Å². The number of benzene rings is 2. The van der Waals surface area contributed by atoms with E-state index in [0.717, 1.165) is 15.3 Å². The average molecular weight is 346 g/mol. The second-order valence-corrected chi connectivity index (χ2v) is 6.53. The van der Waals surface area contributed by atoms with Crippen LogP contribution in [0.3, 0.4) is 0 Å². The van der Waals surface area contributed by atoms with Gasteiger partial charge in [0.05, 0.1) is 28.9 Å². The van der Waals surface area contributed by atoms with E-state index in [1.165, 1.54) is 41.7 Å². The van der Waals surface area contributed by atoms with Crippen molar-refractivity contribution < 1.29 is 18.3 Å².